The molecule has 0 spiro atoms. The molecule has 1 aliphatic heterocycles. The van der Waals surface area contributed by atoms with E-state index in [1.807, 2.05) is 6.92 Å². The van der Waals surface area contributed by atoms with Gasteiger partial charge in [-0.1, -0.05) is 0 Å². The van der Waals surface area contributed by atoms with Gasteiger partial charge in [-0.2, -0.15) is 0 Å². The minimum absolute atomic E-state index is 0.00296. The van der Waals surface area contributed by atoms with Crippen LogP contribution in [0.2, 0.25) is 0 Å². The zero-order valence-corrected chi connectivity index (χ0v) is 7.02. The largest absolute Gasteiger partial charge is 0.354 e. The van der Waals surface area contributed by atoms with E-state index < -0.39 is 0 Å². The van der Waals surface area contributed by atoms with Gasteiger partial charge in [0.05, 0.1) is 6.04 Å². The van der Waals surface area contributed by atoms with Crippen LogP contribution in [-0.2, 0) is 4.79 Å². The van der Waals surface area contributed by atoms with Gasteiger partial charge in [0, 0.05) is 19.5 Å². The number of rotatable bonds is 2. The minimum Gasteiger partial charge on any atom is -0.354 e. The summed E-state index contributed by atoms with van der Waals surface area (Å²) in [6.07, 6.45) is 0.386. The van der Waals surface area contributed by atoms with Gasteiger partial charge in [0.2, 0.25) is 5.91 Å². The van der Waals surface area contributed by atoms with E-state index in [2.05, 4.69) is 16.0 Å². The molecule has 1 saturated heterocycles. The molecular weight excluding hydrogens is 158 g/mol. The third kappa shape index (κ3) is 2.41. The van der Waals surface area contributed by atoms with Crippen molar-refractivity contribution in [3.63, 3.8) is 0 Å². The van der Waals surface area contributed by atoms with E-state index >= 15 is 0 Å². The fourth-order valence-electron chi connectivity index (χ4n) is 1.10. The molecule has 1 fully saturated rings. The van der Waals surface area contributed by atoms with Gasteiger partial charge < -0.3 is 16.0 Å². The van der Waals surface area contributed by atoms with Gasteiger partial charge >= 0.3 is 6.03 Å². The maximum absolute atomic E-state index is 10.9. The maximum atomic E-state index is 10.9. The Bertz CT molecular complexity index is 193. The van der Waals surface area contributed by atoms with Crippen molar-refractivity contribution in [1.82, 2.24) is 16.0 Å². The highest BCUT2D eigenvalue weighted by Crippen LogP contribution is 1.97. The lowest BCUT2D eigenvalue weighted by molar-refractivity contribution is -0.119. The van der Waals surface area contributed by atoms with Gasteiger partial charge in [-0.05, 0) is 6.92 Å². The SMILES string of the molecule is CCNC(=O)NC1CNC(=O)C1. The lowest BCUT2D eigenvalue weighted by atomic mass is 10.3. The van der Waals surface area contributed by atoms with Crippen LogP contribution in [0.5, 0.6) is 0 Å². The van der Waals surface area contributed by atoms with Gasteiger partial charge in [0.25, 0.3) is 0 Å². The fraction of sp³-hybridized carbons (Fsp3) is 0.714. The molecule has 0 aromatic carbocycles. The molecule has 1 rings (SSSR count). The molecule has 0 aromatic rings. The van der Waals surface area contributed by atoms with Crippen molar-refractivity contribution in [2.45, 2.75) is 19.4 Å². The first-order chi connectivity index (χ1) is 5.72. The summed E-state index contributed by atoms with van der Waals surface area (Å²) in [5, 5.41) is 7.91. The Hall–Kier alpha value is -1.26. The number of carbonyl (C=O) groups is 2. The summed E-state index contributed by atoms with van der Waals surface area (Å²) in [6.45, 7) is 2.98. The average molecular weight is 171 g/mol. The Labute approximate surface area is 70.9 Å². The summed E-state index contributed by atoms with van der Waals surface area (Å²) in [6, 6.07) is -0.261. The Morgan fingerprint density at radius 1 is 1.75 bits per heavy atom. The summed E-state index contributed by atoms with van der Waals surface area (Å²) < 4.78 is 0. The summed E-state index contributed by atoms with van der Waals surface area (Å²) in [5.41, 5.74) is 0. The Morgan fingerprint density at radius 3 is 3.00 bits per heavy atom. The van der Waals surface area contributed by atoms with E-state index in [0.29, 0.717) is 19.5 Å². The number of hydrogen-bond donors (Lipinski definition) is 3. The van der Waals surface area contributed by atoms with Crippen LogP contribution in [0.25, 0.3) is 0 Å². The molecule has 1 aliphatic rings. The van der Waals surface area contributed by atoms with Crippen LogP contribution in [0.3, 0.4) is 0 Å². The van der Waals surface area contributed by atoms with Crippen LogP contribution in [0.15, 0.2) is 0 Å². The lowest BCUT2D eigenvalue weighted by Crippen LogP contribution is -2.42. The van der Waals surface area contributed by atoms with Gasteiger partial charge in [-0.3, -0.25) is 4.79 Å². The number of hydrogen-bond acceptors (Lipinski definition) is 2. The summed E-state index contributed by atoms with van der Waals surface area (Å²) in [7, 11) is 0. The molecule has 5 nitrogen and oxygen atoms in total. The first-order valence-electron chi connectivity index (χ1n) is 4.03. The van der Waals surface area contributed by atoms with Crippen molar-refractivity contribution < 1.29 is 9.59 Å². The van der Waals surface area contributed by atoms with E-state index in [1.54, 1.807) is 0 Å². The standard InChI is InChI=1S/C7H13N3O2/c1-2-8-7(12)10-5-3-6(11)9-4-5/h5H,2-4H2,1H3,(H,9,11)(H2,8,10,12). The molecule has 3 amide bonds. The summed E-state index contributed by atoms with van der Waals surface area (Å²) in [4.78, 5) is 21.7. The van der Waals surface area contributed by atoms with Crippen molar-refractivity contribution in [3.8, 4) is 0 Å². The van der Waals surface area contributed by atoms with Gasteiger partial charge in [-0.15, -0.1) is 0 Å². The highest BCUT2D eigenvalue weighted by molar-refractivity contribution is 5.81. The molecule has 1 atom stereocenters. The predicted octanol–water partition coefficient (Wildman–Crippen LogP) is -0.806. The van der Waals surface area contributed by atoms with Crippen LogP contribution in [0.1, 0.15) is 13.3 Å². The smallest absolute Gasteiger partial charge is 0.315 e. The van der Waals surface area contributed by atoms with Crippen LogP contribution >= 0.6 is 0 Å². The second-order valence-corrected chi connectivity index (χ2v) is 2.71. The van der Waals surface area contributed by atoms with Crippen molar-refractivity contribution in [3.05, 3.63) is 0 Å². The number of carbonyl (C=O) groups excluding carboxylic acids is 2. The van der Waals surface area contributed by atoms with E-state index in [-0.39, 0.29) is 18.0 Å². The maximum Gasteiger partial charge on any atom is 0.315 e. The monoisotopic (exact) mass is 171 g/mol. The average Bonchev–Trinajstić information content (AvgIpc) is 2.36. The Kier molecular flexibility index (Phi) is 2.90. The first kappa shape index (κ1) is 8.83. The molecule has 0 bridgehead atoms. The number of urea groups is 1. The highest BCUT2D eigenvalue weighted by Gasteiger charge is 2.22. The second-order valence-electron chi connectivity index (χ2n) is 2.71. The topological polar surface area (TPSA) is 70.2 Å². The molecule has 0 saturated carbocycles. The number of nitrogens with one attached hydrogen (secondary N) is 3. The molecule has 0 aromatic heterocycles. The molecule has 12 heavy (non-hydrogen) atoms. The van der Waals surface area contributed by atoms with Crippen molar-refractivity contribution in [2.24, 2.45) is 0 Å². The third-order valence-corrected chi connectivity index (χ3v) is 1.65. The predicted molar refractivity (Wildman–Crippen MR) is 43.6 cm³/mol. The summed E-state index contributed by atoms with van der Waals surface area (Å²) >= 11 is 0. The van der Waals surface area contributed by atoms with Gasteiger partial charge in [0.1, 0.15) is 0 Å². The Morgan fingerprint density at radius 2 is 2.50 bits per heavy atom. The van der Waals surface area contributed by atoms with E-state index in [9.17, 15) is 9.59 Å². The molecular formula is C7H13N3O2. The van der Waals surface area contributed by atoms with Crippen molar-refractivity contribution in [2.75, 3.05) is 13.1 Å². The van der Waals surface area contributed by atoms with Crippen LogP contribution in [-0.4, -0.2) is 31.1 Å². The molecule has 68 valence electrons. The zero-order valence-electron chi connectivity index (χ0n) is 7.02. The van der Waals surface area contributed by atoms with Crippen molar-refractivity contribution in [1.29, 1.82) is 0 Å². The van der Waals surface area contributed by atoms with Crippen LogP contribution < -0.4 is 16.0 Å². The Balaban J connectivity index is 2.23. The van der Waals surface area contributed by atoms with Crippen LogP contribution in [0.4, 0.5) is 4.79 Å². The molecule has 3 N–H and O–H groups in total. The third-order valence-electron chi connectivity index (χ3n) is 1.65. The van der Waals surface area contributed by atoms with E-state index in [1.165, 1.54) is 0 Å². The zero-order chi connectivity index (χ0) is 8.97. The number of amides is 3. The molecule has 5 heteroatoms. The fourth-order valence-corrected chi connectivity index (χ4v) is 1.10. The molecule has 1 heterocycles. The van der Waals surface area contributed by atoms with E-state index in [4.69, 9.17) is 0 Å². The van der Waals surface area contributed by atoms with Gasteiger partial charge in [0.15, 0.2) is 0 Å². The quantitative estimate of drug-likeness (QED) is 0.508. The first-order valence-corrected chi connectivity index (χ1v) is 4.03. The van der Waals surface area contributed by atoms with E-state index in [0.717, 1.165) is 0 Å². The minimum atomic E-state index is -0.209. The van der Waals surface area contributed by atoms with Crippen molar-refractivity contribution >= 4 is 11.9 Å². The molecule has 0 aliphatic carbocycles. The molecule has 0 radical (unpaired) electrons. The second kappa shape index (κ2) is 3.94. The summed E-state index contributed by atoms with van der Waals surface area (Å²) in [5.74, 6) is -0.00296. The highest BCUT2D eigenvalue weighted by atomic mass is 16.2. The lowest BCUT2D eigenvalue weighted by Gasteiger charge is -2.09. The van der Waals surface area contributed by atoms with Crippen LogP contribution in [0, 0.1) is 0 Å². The van der Waals surface area contributed by atoms with Gasteiger partial charge in [-0.25, -0.2) is 4.79 Å². The normalized spacial score (nSPS) is 21.8. The molecule has 1 unspecified atom stereocenters.